The largest absolute Gasteiger partial charge is 0.326 e. The van der Waals surface area contributed by atoms with E-state index in [1.807, 2.05) is 46.8 Å². The number of carbonyl (C=O) groups is 1. The van der Waals surface area contributed by atoms with Crippen molar-refractivity contribution in [1.29, 1.82) is 0 Å². The molecular formula is C19H23N5O. The first-order valence-corrected chi connectivity index (χ1v) is 8.48. The predicted octanol–water partition coefficient (Wildman–Crippen LogP) is 3.10. The average molecular weight is 337 g/mol. The van der Waals surface area contributed by atoms with Crippen LogP contribution in [0.1, 0.15) is 40.8 Å². The first-order chi connectivity index (χ1) is 11.9. The fourth-order valence-electron chi connectivity index (χ4n) is 2.96. The zero-order chi connectivity index (χ0) is 18.1. The van der Waals surface area contributed by atoms with Gasteiger partial charge in [0, 0.05) is 29.1 Å². The van der Waals surface area contributed by atoms with Gasteiger partial charge in [0.25, 0.3) is 5.78 Å². The van der Waals surface area contributed by atoms with Gasteiger partial charge in [0.05, 0.1) is 6.42 Å². The highest BCUT2D eigenvalue weighted by Crippen LogP contribution is 2.18. The van der Waals surface area contributed by atoms with Crippen LogP contribution in [0.15, 0.2) is 18.2 Å². The summed E-state index contributed by atoms with van der Waals surface area (Å²) < 4.78 is 1.73. The third-order valence-electron chi connectivity index (χ3n) is 4.40. The van der Waals surface area contributed by atoms with Crippen LogP contribution in [0.2, 0.25) is 0 Å². The quantitative estimate of drug-likeness (QED) is 0.794. The molecule has 0 saturated heterocycles. The van der Waals surface area contributed by atoms with Crippen molar-refractivity contribution < 1.29 is 4.79 Å². The number of nitrogens with one attached hydrogen (secondary N) is 1. The molecule has 1 amide bonds. The lowest BCUT2D eigenvalue weighted by molar-refractivity contribution is -0.115. The molecule has 1 aromatic carbocycles. The topological polar surface area (TPSA) is 72.2 Å². The van der Waals surface area contributed by atoms with Gasteiger partial charge < -0.3 is 5.32 Å². The number of hydrogen-bond acceptors (Lipinski definition) is 4. The molecule has 0 aliphatic carbocycles. The van der Waals surface area contributed by atoms with Crippen molar-refractivity contribution in [2.75, 3.05) is 5.32 Å². The van der Waals surface area contributed by atoms with Crippen LogP contribution in [-0.2, 0) is 17.6 Å². The molecule has 0 aliphatic heterocycles. The molecule has 0 bridgehead atoms. The minimum atomic E-state index is -0.0601. The van der Waals surface area contributed by atoms with Crippen LogP contribution in [0.5, 0.6) is 0 Å². The molecule has 0 radical (unpaired) electrons. The Labute approximate surface area is 147 Å². The molecule has 130 valence electrons. The van der Waals surface area contributed by atoms with E-state index < -0.39 is 0 Å². The zero-order valence-corrected chi connectivity index (χ0v) is 15.3. The Hall–Kier alpha value is -2.76. The van der Waals surface area contributed by atoms with E-state index in [1.165, 1.54) is 5.56 Å². The van der Waals surface area contributed by atoms with E-state index in [1.54, 1.807) is 4.52 Å². The van der Waals surface area contributed by atoms with E-state index in [0.29, 0.717) is 5.78 Å². The number of anilines is 1. The molecule has 0 aliphatic rings. The van der Waals surface area contributed by atoms with Crippen molar-refractivity contribution >= 4 is 17.4 Å². The van der Waals surface area contributed by atoms with Gasteiger partial charge in [-0.3, -0.25) is 4.79 Å². The van der Waals surface area contributed by atoms with Gasteiger partial charge in [0.2, 0.25) is 5.91 Å². The van der Waals surface area contributed by atoms with E-state index >= 15 is 0 Å². The lowest BCUT2D eigenvalue weighted by Crippen LogP contribution is -2.18. The maximum Gasteiger partial charge on any atom is 0.252 e. The molecule has 3 aromatic rings. The van der Waals surface area contributed by atoms with Gasteiger partial charge in [-0.15, -0.1) is 5.10 Å². The molecule has 3 rings (SSSR count). The summed E-state index contributed by atoms with van der Waals surface area (Å²) in [6.07, 6.45) is 1.01. The summed E-state index contributed by atoms with van der Waals surface area (Å²) in [6, 6.07) is 5.99. The van der Waals surface area contributed by atoms with Gasteiger partial charge in [0.1, 0.15) is 0 Å². The van der Waals surface area contributed by atoms with Gasteiger partial charge in [-0.25, -0.2) is 9.50 Å². The van der Waals surface area contributed by atoms with E-state index in [9.17, 15) is 4.79 Å². The maximum absolute atomic E-state index is 12.5. The monoisotopic (exact) mass is 337 g/mol. The molecule has 1 N–H and O–H groups in total. The smallest absolute Gasteiger partial charge is 0.252 e. The Morgan fingerprint density at radius 3 is 2.60 bits per heavy atom. The average Bonchev–Trinajstić information content (AvgIpc) is 2.97. The van der Waals surface area contributed by atoms with Crippen LogP contribution in [0, 0.1) is 27.7 Å². The summed E-state index contributed by atoms with van der Waals surface area (Å²) in [7, 11) is 0. The fourth-order valence-corrected chi connectivity index (χ4v) is 2.96. The molecule has 6 nitrogen and oxygen atoms in total. The number of benzene rings is 1. The van der Waals surface area contributed by atoms with Crippen molar-refractivity contribution in [3.05, 3.63) is 52.1 Å². The van der Waals surface area contributed by atoms with Crippen LogP contribution >= 0.6 is 0 Å². The SMILES string of the molecule is CCc1nc2nc(C)c(CC(=O)Nc3ccc(C)cc3C)c(C)n2n1. The zero-order valence-electron chi connectivity index (χ0n) is 15.3. The lowest BCUT2D eigenvalue weighted by Gasteiger charge is -2.12. The van der Waals surface area contributed by atoms with Crippen molar-refractivity contribution in [2.24, 2.45) is 0 Å². The lowest BCUT2D eigenvalue weighted by atomic mass is 10.1. The Bertz CT molecular complexity index is 958. The summed E-state index contributed by atoms with van der Waals surface area (Å²) in [5.74, 6) is 1.28. The van der Waals surface area contributed by atoms with E-state index in [-0.39, 0.29) is 12.3 Å². The number of hydrogen-bond donors (Lipinski definition) is 1. The van der Waals surface area contributed by atoms with Crippen molar-refractivity contribution in [3.63, 3.8) is 0 Å². The van der Waals surface area contributed by atoms with Crippen molar-refractivity contribution in [3.8, 4) is 0 Å². The summed E-state index contributed by atoms with van der Waals surface area (Å²) in [5.41, 5.74) is 5.69. The van der Waals surface area contributed by atoms with Crippen LogP contribution in [0.25, 0.3) is 5.78 Å². The Balaban J connectivity index is 1.87. The van der Waals surface area contributed by atoms with Crippen molar-refractivity contribution in [2.45, 2.75) is 47.5 Å². The molecular weight excluding hydrogens is 314 g/mol. The number of aryl methyl sites for hydroxylation is 5. The second-order valence-corrected chi connectivity index (χ2v) is 6.40. The number of carbonyl (C=O) groups excluding carboxylic acids is 1. The molecule has 6 heteroatoms. The summed E-state index contributed by atoms with van der Waals surface area (Å²) in [4.78, 5) is 21.4. The standard InChI is InChI=1S/C19H23N5O/c1-6-17-22-19-20-13(4)15(14(5)24(19)23-17)10-18(25)21-16-8-7-11(2)9-12(16)3/h7-9H,6,10H2,1-5H3,(H,21,25). The van der Waals surface area contributed by atoms with Crippen LogP contribution in [0.3, 0.4) is 0 Å². The van der Waals surface area contributed by atoms with E-state index in [2.05, 4.69) is 26.4 Å². The van der Waals surface area contributed by atoms with Gasteiger partial charge in [-0.2, -0.15) is 4.98 Å². The maximum atomic E-state index is 12.5. The number of nitrogens with zero attached hydrogens (tertiary/aromatic N) is 4. The van der Waals surface area contributed by atoms with Crippen LogP contribution in [0.4, 0.5) is 5.69 Å². The van der Waals surface area contributed by atoms with E-state index in [0.717, 1.165) is 40.4 Å². The third kappa shape index (κ3) is 3.38. The highest BCUT2D eigenvalue weighted by Gasteiger charge is 2.16. The molecule has 2 heterocycles. The summed E-state index contributed by atoms with van der Waals surface area (Å²) >= 11 is 0. The number of fused-ring (bicyclic) bond motifs is 1. The summed E-state index contributed by atoms with van der Waals surface area (Å²) in [6.45, 7) is 9.90. The minimum absolute atomic E-state index is 0.0601. The molecule has 0 atom stereocenters. The second-order valence-electron chi connectivity index (χ2n) is 6.40. The predicted molar refractivity (Wildman–Crippen MR) is 97.9 cm³/mol. The van der Waals surface area contributed by atoms with Gasteiger partial charge in [-0.1, -0.05) is 24.6 Å². The highest BCUT2D eigenvalue weighted by molar-refractivity contribution is 5.93. The normalized spacial score (nSPS) is 11.1. The number of aromatic nitrogens is 4. The molecule has 0 saturated carbocycles. The Morgan fingerprint density at radius 1 is 1.16 bits per heavy atom. The van der Waals surface area contributed by atoms with Gasteiger partial charge in [0.15, 0.2) is 5.82 Å². The van der Waals surface area contributed by atoms with Gasteiger partial charge in [-0.05, 0) is 39.3 Å². The first-order valence-electron chi connectivity index (χ1n) is 8.48. The van der Waals surface area contributed by atoms with Crippen molar-refractivity contribution in [1.82, 2.24) is 19.6 Å². The highest BCUT2D eigenvalue weighted by atomic mass is 16.1. The van der Waals surface area contributed by atoms with Gasteiger partial charge >= 0.3 is 0 Å². The number of amides is 1. The minimum Gasteiger partial charge on any atom is -0.326 e. The molecule has 0 fully saturated rings. The van der Waals surface area contributed by atoms with Crippen LogP contribution < -0.4 is 5.32 Å². The molecule has 0 spiro atoms. The first kappa shape index (κ1) is 17.1. The Kier molecular flexibility index (Phi) is 4.53. The Morgan fingerprint density at radius 2 is 1.92 bits per heavy atom. The van der Waals surface area contributed by atoms with E-state index in [4.69, 9.17) is 0 Å². The molecule has 2 aromatic heterocycles. The third-order valence-corrected chi connectivity index (χ3v) is 4.40. The fraction of sp³-hybridized carbons (Fsp3) is 0.368. The number of rotatable bonds is 4. The molecule has 0 unspecified atom stereocenters. The summed E-state index contributed by atoms with van der Waals surface area (Å²) in [5, 5.41) is 7.45. The molecule has 25 heavy (non-hydrogen) atoms. The second kappa shape index (κ2) is 6.63. The van der Waals surface area contributed by atoms with Crippen LogP contribution in [-0.4, -0.2) is 25.5 Å².